The van der Waals surface area contributed by atoms with Gasteiger partial charge in [-0.3, -0.25) is 4.79 Å². The molecule has 0 aromatic heterocycles. The molecule has 0 unspecified atom stereocenters. The number of carbonyl (C=O) groups excluding carboxylic acids is 3. The Morgan fingerprint density at radius 1 is 0.960 bits per heavy atom. The molecular weight excluding hydrogens is 320 g/mol. The summed E-state index contributed by atoms with van der Waals surface area (Å²) < 4.78 is 10.7. The Balaban J connectivity index is 2.66. The van der Waals surface area contributed by atoms with Gasteiger partial charge in [-0.1, -0.05) is 30.8 Å². The molecule has 5 nitrogen and oxygen atoms in total. The highest BCUT2D eigenvalue weighted by molar-refractivity contribution is 5.87. The average molecular weight is 344 g/mol. The first-order valence-corrected chi connectivity index (χ1v) is 7.89. The van der Waals surface area contributed by atoms with Crippen molar-refractivity contribution in [3.8, 4) is 0 Å². The van der Waals surface area contributed by atoms with E-state index in [0.717, 1.165) is 17.9 Å². The summed E-state index contributed by atoms with van der Waals surface area (Å²) in [6, 6.07) is 6.80. The summed E-state index contributed by atoms with van der Waals surface area (Å²) in [5.41, 5.74) is -0.283. The van der Waals surface area contributed by atoms with Gasteiger partial charge in [0, 0.05) is 24.1 Å². The van der Waals surface area contributed by atoms with Crippen LogP contribution in [0.1, 0.15) is 50.0 Å². The highest BCUT2D eigenvalue weighted by Gasteiger charge is 2.33. The van der Waals surface area contributed by atoms with Gasteiger partial charge in [-0.15, -0.1) is 0 Å². The zero-order valence-electron chi connectivity index (χ0n) is 15.1. The van der Waals surface area contributed by atoms with Crippen LogP contribution in [0.15, 0.2) is 43.0 Å². The Morgan fingerprint density at radius 2 is 1.44 bits per heavy atom. The second-order valence-corrected chi connectivity index (χ2v) is 6.86. The third-order valence-electron chi connectivity index (χ3n) is 3.26. The fraction of sp³-hybridized carbons (Fsp3) is 0.350. The number of hydrogen-bond donors (Lipinski definition) is 0. The lowest BCUT2D eigenvalue weighted by molar-refractivity contribution is -0.163. The van der Waals surface area contributed by atoms with E-state index in [9.17, 15) is 14.4 Å². The molecule has 0 aliphatic rings. The molecule has 0 bridgehead atoms. The lowest BCUT2D eigenvalue weighted by atomic mass is 9.92. The zero-order chi connectivity index (χ0) is 19.1. The molecule has 0 saturated carbocycles. The Bertz CT molecular complexity index is 666. The third kappa shape index (κ3) is 7.61. The molecule has 0 heterocycles. The van der Waals surface area contributed by atoms with Crippen LogP contribution in [-0.2, 0) is 19.1 Å². The van der Waals surface area contributed by atoms with Gasteiger partial charge in [0.1, 0.15) is 17.5 Å². The number of hydrogen-bond acceptors (Lipinski definition) is 5. The third-order valence-corrected chi connectivity index (χ3v) is 3.26. The highest BCUT2D eigenvalue weighted by atomic mass is 16.6. The normalized spacial score (nSPS) is 11.8. The Hall–Kier alpha value is -2.69. The van der Waals surface area contributed by atoms with Gasteiger partial charge in [-0.2, -0.15) is 0 Å². The van der Waals surface area contributed by atoms with Gasteiger partial charge in [-0.05, 0) is 39.3 Å². The van der Waals surface area contributed by atoms with Crippen LogP contribution < -0.4 is 0 Å². The molecule has 0 fully saturated rings. The number of rotatable bonds is 8. The molecule has 5 heteroatoms. The van der Waals surface area contributed by atoms with Crippen LogP contribution in [-0.4, -0.2) is 29.4 Å². The molecule has 1 aromatic rings. The van der Waals surface area contributed by atoms with Gasteiger partial charge >= 0.3 is 11.9 Å². The number of carbonyl (C=O) groups is 3. The number of esters is 2. The Morgan fingerprint density at radius 3 is 1.92 bits per heavy atom. The van der Waals surface area contributed by atoms with E-state index in [1.54, 1.807) is 58.0 Å². The van der Waals surface area contributed by atoms with Gasteiger partial charge in [-0.25, -0.2) is 9.59 Å². The SMILES string of the molecule is C=CC(=O)OC(C)(C)CC(C)(C)OC(=O)/C=C/c1ccc(C=O)cc1. The van der Waals surface area contributed by atoms with Crippen molar-refractivity contribution in [2.75, 3.05) is 0 Å². The molecule has 0 aliphatic carbocycles. The predicted molar refractivity (Wildman–Crippen MR) is 96.0 cm³/mol. The molecule has 0 atom stereocenters. The van der Waals surface area contributed by atoms with Crippen molar-refractivity contribution in [3.05, 3.63) is 54.1 Å². The lowest BCUT2D eigenvalue weighted by Gasteiger charge is -2.33. The first-order chi connectivity index (χ1) is 11.6. The summed E-state index contributed by atoms with van der Waals surface area (Å²) in [5, 5.41) is 0. The van der Waals surface area contributed by atoms with Crippen molar-refractivity contribution < 1.29 is 23.9 Å². The Labute approximate surface area is 148 Å². The molecule has 0 saturated heterocycles. The van der Waals surface area contributed by atoms with Crippen molar-refractivity contribution in [2.45, 2.75) is 45.3 Å². The van der Waals surface area contributed by atoms with Crippen LogP contribution in [0.25, 0.3) is 6.08 Å². The second kappa shape index (κ2) is 8.42. The van der Waals surface area contributed by atoms with Crippen molar-refractivity contribution in [1.29, 1.82) is 0 Å². The first-order valence-electron chi connectivity index (χ1n) is 7.89. The summed E-state index contributed by atoms with van der Waals surface area (Å²) in [7, 11) is 0. The maximum atomic E-state index is 12.0. The molecule has 0 aliphatic heterocycles. The number of aldehydes is 1. The fourth-order valence-corrected chi connectivity index (χ4v) is 2.57. The first kappa shape index (κ1) is 20.4. The monoisotopic (exact) mass is 344 g/mol. The van der Waals surface area contributed by atoms with E-state index < -0.39 is 23.1 Å². The summed E-state index contributed by atoms with van der Waals surface area (Å²) in [5.74, 6) is -1.03. The van der Waals surface area contributed by atoms with Crippen LogP contribution in [0.5, 0.6) is 0 Å². The van der Waals surface area contributed by atoms with E-state index >= 15 is 0 Å². The van der Waals surface area contributed by atoms with E-state index in [2.05, 4.69) is 6.58 Å². The molecule has 1 aromatic carbocycles. The molecule has 0 N–H and O–H groups in total. The summed E-state index contributed by atoms with van der Waals surface area (Å²) in [6.45, 7) is 10.4. The fourth-order valence-electron chi connectivity index (χ4n) is 2.57. The number of benzene rings is 1. The minimum Gasteiger partial charge on any atom is -0.456 e. The van der Waals surface area contributed by atoms with Crippen molar-refractivity contribution >= 4 is 24.3 Å². The quantitative estimate of drug-likeness (QED) is 0.408. The second-order valence-electron chi connectivity index (χ2n) is 6.86. The van der Waals surface area contributed by atoms with E-state index in [1.807, 2.05) is 0 Å². The van der Waals surface area contributed by atoms with Gasteiger partial charge in [0.25, 0.3) is 0 Å². The molecule has 0 amide bonds. The zero-order valence-corrected chi connectivity index (χ0v) is 15.1. The molecule has 0 radical (unpaired) electrons. The summed E-state index contributed by atoms with van der Waals surface area (Å²) in [4.78, 5) is 34.0. The Kier molecular flexibility index (Phi) is 6.86. The largest absolute Gasteiger partial charge is 0.456 e. The van der Waals surface area contributed by atoms with Crippen molar-refractivity contribution in [2.24, 2.45) is 0 Å². The van der Waals surface area contributed by atoms with E-state index in [1.165, 1.54) is 6.08 Å². The molecule has 1 rings (SSSR count). The predicted octanol–water partition coefficient (Wildman–Crippen LogP) is 3.73. The van der Waals surface area contributed by atoms with E-state index in [4.69, 9.17) is 9.47 Å². The van der Waals surface area contributed by atoms with Crippen LogP contribution in [0, 0.1) is 0 Å². The van der Waals surface area contributed by atoms with Crippen LogP contribution in [0.4, 0.5) is 0 Å². The van der Waals surface area contributed by atoms with Gasteiger partial charge < -0.3 is 9.47 Å². The number of ether oxygens (including phenoxy) is 2. The minimum atomic E-state index is -0.826. The summed E-state index contributed by atoms with van der Waals surface area (Å²) in [6.07, 6.45) is 5.11. The van der Waals surface area contributed by atoms with Crippen molar-refractivity contribution in [1.82, 2.24) is 0 Å². The highest BCUT2D eigenvalue weighted by Crippen LogP contribution is 2.27. The minimum absolute atomic E-state index is 0.327. The maximum absolute atomic E-state index is 12.0. The summed E-state index contributed by atoms with van der Waals surface area (Å²) >= 11 is 0. The van der Waals surface area contributed by atoms with Crippen LogP contribution >= 0.6 is 0 Å². The smallest absolute Gasteiger partial charge is 0.331 e. The standard InChI is InChI=1S/C20H24O5/c1-6-17(22)24-19(2,3)14-20(4,5)25-18(23)12-11-15-7-9-16(13-21)10-8-15/h6-13H,1,14H2,2-5H3/b12-11+. The molecular formula is C20H24O5. The maximum Gasteiger partial charge on any atom is 0.331 e. The topological polar surface area (TPSA) is 69.7 Å². The molecule has 0 spiro atoms. The average Bonchev–Trinajstić information content (AvgIpc) is 2.51. The van der Waals surface area contributed by atoms with E-state index in [-0.39, 0.29) is 0 Å². The van der Waals surface area contributed by atoms with Crippen LogP contribution in [0.2, 0.25) is 0 Å². The van der Waals surface area contributed by atoms with Crippen LogP contribution in [0.3, 0.4) is 0 Å². The van der Waals surface area contributed by atoms with E-state index in [0.29, 0.717) is 12.0 Å². The molecule has 134 valence electrons. The van der Waals surface area contributed by atoms with Gasteiger partial charge in [0.15, 0.2) is 0 Å². The lowest BCUT2D eigenvalue weighted by Crippen LogP contribution is -2.39. The molecule has 25 heavy (non-hydrogen) atoms. The van der Waals surface area contributed by atoms with Crippen molar-refractivity contribution in [3.63, 3.8) is 0 Å². The van der Waals surface area contributed by atoms with Gasteiger partial charge in [0.05, 0.1) is 0 Å². The van der Waals surface area contributed by atoms with Gasteiger partial charge in [0.2, 0.25) is 0 Å².